The highest BCUT2D eigenvalue weighted by molar-refractivity contribution is 6.32. The van der Waals surface area contributed by atoms with Crippen LogP contribution in [0.1, 0.15) is 16.7 Å². The Hall–Kier alpha value is -2.87. The van der Waals surface area contributed by atoms with Gasteiger partial charge in [0, 0.05) is 22.8 Å². The van der Waals surface area contributed by atoms with Gasteiger partial charge < -0.3 is 10.2 Å². The SMILES string of the molecule is Cc1c(C)c(O)n(Nc2cc(Cl)c(C(F)(F)F)c(-c3ccccc3)n2)c1O. The van der Waals surface area contributed by atoms with Crippen LogP contribution in [-0.4, -0.2) is 19.9 Å². The highest BCUT2D eigenvalue weighted by Gasteiger charge is 2.37. The van der Waals surface area contributed by atoms with Crippen LogP contribution in [0.4, 0.5) is 19.0 Å². The van der Waals surface area contributed by atoms with Crippen molar-refractivity contribution in [1.29, 1.82) is 0 Å². The van der Waals surface area contributed by atoms with Crippen LogP contribution in [0.2, 0.25) is 5.02 Å². The van der Waals surface area contributed by atoms with Gasteiger partial charge in [0.25, 0.3) is 0 Å². The van der Waals surface area contributed by atoms with Gasteiger partial charge in [0.05, 0.1) is 10.7 Å². The Kier molecular flexibility index (Phi) is 4.69. The van der Waals surface area contributed by atoms with Gasteiger partial charge in [-0.3, -0.25) is 5.43 Å². The molecule has 2 heterocycles. The average molecular weight is 398 g/mol. The molecule has 0 aliphatic carbocycles. The van der Waals surface area contributed by atoms with E-state index in [-0.39, 0.29) is 28.8 Å². The Balaban J connectivity index is 2.17. The van der Waals surface area contributed by atoms with Crippen molar-refractivity contribution >= 4 is 17.4 Å². The number of benzene rings is 1. The minimum absolute atomic E-state index is 0.0764. The molecular formula is C18H15ClF3N3O2. The van der Waals surface area contributed by atoms with Gasteiger partial charge in [0.2, 0.25) is 11.8 Å². The van der Waals surface area contributed by atoms with Crippen molar-refractivity contribution in [3.05, 3.63) is 58.1 Å². The third-order valence-corrected chi connectivity index (χ3v) is 4.48. The highest BCUT2D eigenvalue weighted by atomic mass is 35.5. The van der Waals surface area contributed by atoms with E-state index in [1.165, 1.54) is 12.1 Å². The molecule has 0 bridgehead atoms. The topological polar surface area (TPSA) is 70.3 Å². The number of anilines is 1. The molecule has 0 aliphatic heterocycles. The van der Waals surface area contributed by atoms with Crippen LogP contribution < -0.4 is 5.43 Å². The van der Waals surface area contributed by atoms with E-state index >= 15 is 0 Å². The van der Waals surface area contributed by atoms with Crippen LogP contribution in [0.25, 0.3) is 11.3 Å². The fourth-order valence-corrected chi connectivity index (χ4v) is 2.94. The van der Waals surface area contributed by atoms with Gasteiger partial charge in [-0.1, -0.05) is 41.9 Å². The van der Waals surface area contributed by atoms with Crippen molar-refractivity contribution in [2.24, 2.45) is 0 Å². The van der Waals surface area contributed by atoms with Crippen LogP contribution in [0.3, 0.4) is 0 Å². The zero-order chi connectivity index (χ0) is 19.9. The minimum atomic E-state index is -4.71. The first-order valence-corrected chi connectivity index (χ1v) is 8.19. The van der Waals surface area contributed by atoms with Crippen molar-refractivity contribution in [2.45, 2.75) is 20.0 Å². The quantitative estimate of drug-likeness (QED) is 0.573. The lowest BCUT2D eigenvalue weighted by Gasteiger charge is -2.17. The highest BCUT2D eigenvalue weighted by Crippen LogP contribution is 2.42. The lowest BCUT2D eigenvalue weighted by molar-refractivity contribution is -0.137. The normalized spacial score (nSPS) is 11.6. The van der Waals surface area contributed by atoms with Crippen molar-refractivity contribution in [1.82, 2.24) is 9.66 Å². The summed E-state index contributed by atoms with van der Waals surface area (Å²) in [6, 6.07) is 8.79. The van der Waals surface area contributed by atoms with Crippen LogP contribution in [0, 0.1) is 13.8 Å². The van der Waals surface area contributed by atoms with E-state index in [0.717, 1.165) is 10.7 Å². The minimum Gasteiger partial charge on any atom is -0.493 e. The molecule has 0 fully saturated rings. The van der Waals surface area contributed by atoms with E-state index in [2.05, 4.69) is 10.4 Å². The fourth-order valence-electron chi connectivity index (χ4n) is 2.64. The second-order valence-corrected chi connectivity index (χ2v) is 6.33. The van der Waals surface area contributed by atoms with Crippen LogP contribution in [-0.2, 0) is 6.18 Å². The molecule has 9 heteroatoms. The number of nitrogens with one attached hydrogen (secondary N) is 1. The maximum absolute atomic E-state index is 13.5. The van der Waals surface area contributed by atoms with E-state index < -0.39 is 16.8 Å². The number of pyridine rings is 1. The molecule has 2 aromatic heterocycles. The van der Waals surface area contributed by atoms with E-state index in [0.29, 0.717) is 11.1 Å². The number of hydrogen-bond acceptors (Lipinski definition) is 4. The van der Waals surface area contributed by atoms with E-state index in [9.17, 15) is 23.4 Å². The molecule has 0 amide bonds. The summed E-state index contributed by atoms with van der Waals surface area (Å²) >= 11 is 5.92. The molecule has 3 aromatic rings. The second kappa shape index (κ2) is 6.70. The molecular weight excluding hydrogens is 383 g/mol. The Bertz CT molecular complexity index is 976. The zero-order valence-corrected chi connectivity index (χ0v) is 15.0. The van der Waals surface area contributed by atoms with E-state index in [1.54, 1.807) is 32.0 Å². The molecule has 142 valence electrons. The summed E-state index contributed by atoms with van der Waals surface area (Å²) in [5, 5.41) is 19.6. The zero-order valence-electron chi connectivity index (χ0n) is 14.3. The third-order valence-electron chi connectivity index (χ3n) is 4.19. The number of alkyl halides is 3. The predicted octanol–water partition coefficient (Wildman–Crippen LogP) is 5.13. The van der Waals surface area contributed by atoms with Gasteiger partial charge in [-0.05, 0) is 13.8 Å². The molecule has 0 saturated heterocycles. The number of rotatable bonds is 3. The maximum atomic E-state index is 13.5. The number of aromatic nitrogens is 2. The summed E-state index contributed by atoms with van der Waals surface area (Å²) in [4.78, 5) is 4.03. The van der Waals surface area contributed by atoms with Crippen molar-refractivity contribution in [3.63, 3.8) is 0 Å². The molecule has 3 rings (SSSR count). The predicted molar refractivity (Wildman–Crippen MR) is 95.9 cm³/mol. The van der Waals surface area contributed by atoms with Gasteiger partial charge in [0.15, 0.2) is 0 Å². The second-order valence-electron chi connectivity index (χ2n) is 5.92. The molecule has 0 aliphatic rings. The van der Waals surface area contributed by atoms with Gasteiger partial charge >= 0.3 is 6.18 Å². The van der Waals surface area contributed by atoms with E-state index in [4.69, 9.17) is 11.6 Å². The summed E-state index contributed by atoms with van der Waals surface area (Å²) in [6.07, 6.45) is -4.71. The van der Waals surface area contributed by atoms with Crippen LogP contribution in [0.15, 0.2) is 36.4 Å². The molecule has 0 radical (unpaired) electrons. The lowest BCUT2D eigenvalue weighted by Crippen LogP contribution is -2.14. The Morgan fingerprint density at radius 2 is 1.59 bits per heavy atom. The van der Waals surface area contributed by atoms with Crippen molar-refractivity contribution < 1.29 is 23.4 Å². The monoisotopic (exact) mass is 397 g/mol. The summed E-state index contributed by atoms with van der Waals surface area (Å²) in [7, 11) is 0. The van der Waals surface area contributed by atoms with Gasteiger partial charge in [0.1, 0.15) is 11.4 Å². The molecule has 0 unspecified atom stereocenters. The summed E-state index contributed by atoms with van der Waals surface area (Å²) in [5.74, 6) is -0.652. The lowest BCUT2D eigenvalue weighted by atomic mass is 10.1. The standard InChI is InChI=1S/C18H15ClF3N3O2/c1-9-10(2)17(27)25(16(9)26)24-13-8-12(19)14(18(20,21)22)15(23-13)11-6-4-3-5-7-11/h3-8,26-27H,1-2H3,(H,23,24). The maximum Gasteiger partial charge on any atom is 0.419 e. The number of halogens is 4. The largest absolute Gasteiger partial charge is 0.493 e. The number of nitrogens with zero attached hydrogens (tertiary/aromatic N) is 2. The first-order valence-electron chi connectivity index (χ1n) is 7.81. The summed E-state index contributed by atoms with van der Waals surface area (Å²) in [5.41, 5.74) is 2.22. The van der Waals surface area contributed by atoms with Crippen molar-refractivity contribution in [2.75, 3.05) is 5.43 Å². The fraction of sp³-hybridized carbons (Fsp3) is 0.167. The number of aromatic hydroxyl groups is 2. The molecule has 3 N–H and O–H groups in total. The number of hydrogen-bond donors (Lipinski definition) is 3. The van der Waals surface area contributed by atoms with Crippen molar-refractivity contribution in [3.8, 4) is 23.0 Å². The third kappa shape index (κ3) is 3.40. The van der Waals surface area contributed by atoms with Gasteiger partial charge in [-0.15, -0.1) is 0 Å². The first kappa shape index (κ1) is 18.9. The Labute approximate surface area is 157 Å². The Morgan fingerprint density at radius 3 is 2.11 bits per heavy atom. The molecule has 5 nitrogen and oxygen atoms in total. The first-order chi connectivity index (χ1) is 12.6. The molecule has 0 saturated carbocycles. The van der Waals surface area contributed by atoms with Gasteiger partial charge in [-0.2, -0.15) is 17.8 Å². The van der Waals surface area contributed by atoms with Crippen LogP contribution >= 0.6 is 11.6 Å². The molecule has 0 spiro atoms. The van der Waals surface area contributed by atoms with E-state index in [1.807, 2.05) is 0 Å². The molecule has 0 atom stereocenters. The molecule has 1 aromatic carbocycles. The summed E-state index contributed by atoms with van der Waals surface area (Å²) in [6.45, 7) is 3.18. The van der Waals surface area contributed by atoms with Gasteiger partial charge in [-0.25, -0.2) is 4.98 Å². The average Bonchev–Trinajstić information content (AvgIpc) is 2.79. The molecule has 27 heavy (non-hydrogen) atoms. The Morgan fingerprint density at radius 1 is 1.04 bits per heavy atom. The smallest absolute Gasteiger partial charge is 0.419 e. The summed E-state index contributed by atoms with van der Waals surface area (Å²) < 4.78 is 41.4. The van der Waals surface area contributed by atoms with Crippen LogP contribution in [0.5, 0.6) is 11.8 Å².